The van der Waals surface area contributed by atoms with Gasteiger partial charge in [0, 0.05) is 10.5 Å². The van der Waals surface area contributed by atoms with Crippen molar-refractivity contribution in [1.82, 2.24) is 5.32 Å². The summed E-state index contributed by atoms with van der Waals surface area (Å²) in [6.45, 7) is 7.11. The fourth-order valence-corrected chi connectivity index (χ4v) is 3.27. The number of Topliss-reactive ketones (excluding diaryl/α,β-unsaturated/α-hetero) is 1. The number of carbonyl (C=O) groups excluding carboxylic acids is 3. The third kappa shape index (κ3) is 4.35. The number of rotatable bonds is 6. The molecule has 1 aromatic rings. The number of benzene rings is 1. The smallest absolute Gasteiger partial charge is 0.325 e. The second-order valence-corrected chi connectivity index (χ2v) is 8.23. The SMILES string of the molecule is CSc1ccc2c(c1)C(O)=C(C(=O)NCC(=O)OCC(C)C)C(=O)C2(C)C. The molecule has 0 fully saturated rings. The van der Waals surface area contributed by atoms with E-state index < -0.39 is 23.1 Å². The average Bonchev–Trinajstić information content (AvgIpc) is 2.63. The van der Waals surface area contributed by atoms with Gasteiger partial charge in [0.25, 0.3) is 5.91 Å². The Kier molecular flexibility index (Phi) is 6.36. The summed E-state index contributed by atoms with van der Waals surface area (Å²) >= 11 is 1.50. The van der Waals surface area contributed by atoms with Gasteiger partial charge in [-0.3, -0.25) is 14.4 Å². The number of thioether (sulfide) groups is 1. The molecule has 1 aliphatic carbocycles. The number of fused-ring (bicyclic) bond motifs is 1. The monoisotopic (exact) mass is 391 g/mol. The fraction of sp³-hybridized carbons (Fsp3) is 0.450. The lowest BCUT2D eigenvalue weighted by Crippen LogP contribution is -2.42. The molecule has 1 aliphatic rings. The molecule has 0 unspecified atom stereocenters. The van der Waals surface area contributed by atoms with Gasteiger partial charge in [-0.2, -0.15) is 0 Å². The normalized spacial score (nSPS) is 15.6. The summed E-state index contributed by atoms with van der Waals surface area (Å²) in [5, 5.41) is 13.0. The van der Waals surface area contributed by atoms with Crippen LogP contribution in [0, 0.1) is 5.92 Å². The topological polar surface area (TPSA) is 92.7 Å². The van der Waals surface area contributed by atoms with Gasteiger partial charge in [-0.1, -0.05) is 19.9 Å². The van der Waals surface area contributed by atoms with Gasteiger partial charge in [0.2, 0.25) is 0 Å². The summed E-state index contributed by atoms with van der Waals surface area (Å²) in [5.41, 5.74) is -0.180. The van der Waals surface area contributed by atoms with Gasteiger partial charge in [0.1, 0.15) is 17.9 Å². The van der Waals surface area contributed by atoms with Crippen LogP contribution in [0.2, 0.25) is 0 Å². The zero-order chi connectivity index (χ0) is 20.4. The van der Waals surface area contributed by atoms with Crippen LogP contribution in [0.25, 0.3) is 5.76 Å². The molecule has 1 aromatic carbocycles. The largest absolute Gasteiger partial charge is 0.506 e. The molecule has 1 amide bonds. The highest BCUT2D eigenvalue weighted by Crippen LogP contribution is 2.40. The number of aliphatic hydroxyl groups is 1. The molecule has 6 nitrogen and oxygen atoms in total. The van der Waals surface area contributed by atoms with Crippen molar-refractivity contribution in [2.24, 2.45) is 5.92 Å². The van der Waals surface area contributed by atoms with E-state index in [0.29, 0.717) is 11.1 Å². The zero-order valence-electron chi connectivity index (χ0n) is 16.2. The molecule has 0 bridgehead atoms. The van der Waals surface area contributed by atoms with E-state index in [1.807, 2.05) is 26.2 Å². The lowest BCUT2D eigenvalue weighted by Gasteiger charge is -2.32. The maximum Gasteiger partial charge on any atom is 0.325 e. The fourth-order valence-electron chi connectivity index (χ4n) is 2.83. The minimum absolute atomic E-state index is 0.180. The number of ether oxygens (including phenoxy) is 1. The molecule has 2 N–H and O–H groups in total. The van der Waals surface area contributed by atoms with Crippen molar-refractivity contribution in [1.29, 1.82) is 0 Å². The third-order valence-electron chi connectivity index (χ3n) is 4.38. The number of esters is 1. The standard InChI is InChI=1S/C20H25NO5S/c1-11(2)10-26-15(22)9-21-19(25)16-17(23)13-8-12(27-5)6-7-14(13)20(3,4)18(16)24/h6-8,11,23H,9-10H2,1-5H3,(H,21,25). The Morgan fingerprint density at radius 2 is 1.96 bits per heavy atom. The first kappa shape index (κ1) is 21.0. The zero-order valence-corrected chi connectivity index (χ0v) is 17.0. The van der Waals surface area contributed by atoms with Crippen molar-refractivity contribution in [2.75, 3.05) is 19.4 Å². The lowest BCUT2D eigenvalue weighted by atomic mass is 9.71. The van der Waals surface area contributed by atoms with Crippen LogP contribution in [0.4, 0.5) is 0 Å². The number of hydrogen-bond acceptors (Lipinski definition) is 6. The predicted molar refractivity (Wildman–Crippen MR) is 105 cm³/mol. The van der Waals surface area contributed by atoms with E-state index in [-0.39, 0.29) is 30.4 Å². The number of hydrogen-bond donors (Lipinski definition) is 2. The van der Waals surface area contributed by atoms with E-state index in [1.165, 1.54) is 11.8 Å². The molecule has 0 heterocycles. The number of amides is 1. The van der Waals surface area contributed by atoms with Crippen LogP contribution in [-0.4, -0.2) is 42.2 Å². The summed E-state index contributed by atoms with van der Waals surface area (Å²) in [6.07, 6.45) is 1.90. The summed E-state index contributed by atoms with van der Waals surface area (Å²) in [4.78, 5) is 38.0. The Balaban J connectivity index is 2.30. The Morgan fingerprint density at radius 3 is 2.56 bits per heavy atom. The van der Waals surface area contributed by atoms with E-state index in [2.05, 4.69) is 5.32 Å². The molecule has 0 saturated heterocycles. The molecule has 0 radical (unpaired) electrons. The van der Waals surface area contributed by atoms with E-state index >= 15 is 0 Å². The van der Waals surface area contributed by atoms with Gasteiger partial charge >= 0.3 is 5.97 Å². The van der Waals surface area contributed by atoms with Crippen LogP contribution in [0.15, 0.2) is 28.7 Å². The van der Waals surface area contributed by atoms with Crippen molar-refractivity contribution in [3.63, 3.8) is 0 Å². The van der Waals surface area contributed by atoms with Crippen molar-refractivity contribution in [2.45, 2.75) is 38.0 Å². The molecule has 0 saturated carbocycles. The molecule has 146 valence electrons. The third-order valence-corrected chi connectivity index (χ3v) is 5.11. The summed E-state index contributed by atoms with van der Waals surface area (Å²) in [5.74, 6) is -2.05. The van der Waals surface area contributed by atoms with Gasteiger partial charge in [-0.05, 0) is 43.7 Å². The van der Waals surface area contributed by atoms with Crippen molar-refractivity contribution >= 4 is 35.2 Å². The molecule has 27 heavy (non-hydrogen) atoms. The number of aliphatic hydroxyl groups excluding tert-OH is 1. The van der Waals surface area contributed by atoms with Crippen molar-refractivity contribution in [3.05, 3.63) is 34.9 Å². The predicted octanol–water partition coefficient (Wildman–Crippen LogP) is 2.85. The highest BCUT2D eigenvalue weighted by atomic mass is 32.2. The quantitative estimate of drug-likeness (QED) is 0.440. The van der Waals surface area contributed by atoms with E-state index in [1.54, 1.807) is 26.0 Å². The van der Waals surface area contributed by atoms with E-state index in [4.69, 9.17) is 4.74 Å². The van der Waals surface area contributed by atoms with Crippen LogP contribution < -0.4 is 5.32 Å². The van der Waals surface area contributed by atoms with Crippen molar-refractivity contribution in [3.8, 4) is 0 Å². The highest BCUT2D eigenvalue weighted by molar-refractivity contribution is 7.98. The van der Waals surface area contributed by atoms with E-state index in [0.717, 1.165) is 4.90 Å². The number of nitrogens with one attached hydrogen (secondary N) is 1. The molecular weight excluding hydrogens is 366 g/mol. The van der Waals surface area contributed by atoms with Gasteiger partial charge < -0.3 is 15.2 Å². The Labute approximate surface area is 163 Å². The summed E-state index contributed by atoms with van der Waals surface area (Å²) in [7, 11) is 0. The molecule has 0 atom stereocenters. The van der Waals surface area contributed by atoms with Crippen LogP contribution in [0.1, 0.15) is 38.8 Å². The first-order valence-electron chi connectivity index (χ1n) is 8.70. The first-order chi connectivity index (χ1) is 12.6. The molecule has 0 aliphatic heterocycles. The summed E-state index contributed by atoms with van der Waals surface area (Å²) in [6, 6.07) is 5.43. The van der Waals surface area contributed by atoms with E-state index in [9.17, 15) is 19.5 Å². The van der Waals surface area contributed by atoms with Crippen LogP contribution >= 0.6 is 11.8 Å². The summed E-state index contributed by atoms with van der Waals surface area (Å²) < 4.78 is 5.00. The Hall–Kier alpha value is -2.28. The van der Waals surface area contributed by atoms with Crippen LogP contribution in [0.5, 0.6) is 0 Å². The number of ketones is 1. The molecule has 0 spiro atoms. The van der Waals surface area contributed by atoms with Crippen LogP contribution in [-0.2, 0) is 24.5 Å². The second-order valence-electron chi connectivity index (χ2n) is 7.35. The van der Waals surface area contributed by atoms with Crippen molar-refractivity contribution < 1.29 is 24.2 Å². The van der Waals surface area contributed by atoms with Gasteiger partial charge in [0.05, 0.1) is 12.0 Å². The maximum absolute atomic E-state index is 12.9. The minimum Gasteiger partial charge on any atom is -0.506 e. The minimum atomic E-state index is -0.969. The van der Waals surface area contributed by atoms with Gasteiger partial charge in [-0.25, -0.2) is 0 Å². The molecule has 2 rings (SSSR count). The maximum atomic E-state index is 12.9. The number of carbonyl (C=O) groups is 3. The average molecular weight is 391 g/mol. The Bertz CT molecular complexity index is 811. The molecular formula is C20H25NO5S. The first-order valence-corrected chi connectivity index (χ1v) is 9.92. The van der Waals surface area contributed by atoms with Gasteiger partial charge in [-0.15, -0.1) is 11.8 Å². The lowest BCUT2D eigenvalue weighted by molar-refractivity contribution is -0.144. The van der Waals surface area contributed by atoms with Crippen LogP contribution in [0.3, 0.4) is 0 Å². The van der Waals surface area contributed by atoms with Gasteiger partial charge in [0.15, 0.2) is 5.78 Å². The Morgan fingerprint density at radius 1 is 1.30 bits per heavy atom. The molecule has 7 heteroatoms. The molecule has 0 aromatic heterocycles. The highest BCUT2D eigenvalue weighted by Gasteiger charge is 2.43. The second kappa shape index (κ2) is 8.17.